The third kappa shape index (κ3) is 4.65. The summed E-state index contributed by atoms with van der Waals surface area (Å²) in [5, 5.41) is 0. The predicted octanol–water partition coefficient (Wildman–Crippen LogP) is 4.39. The second-order valence-corrected chi connectivity index (χ2v) is 6.77. The summed E-state index contributed by atoms with van der Waals surface area (Å²) in [5.74, 6) is -0.339. The Hall–Kier alpha value is -1.19. The van der Waals surface area contributed by atoms with Crippen LogP contribution in [0.25, 0.3) is 0 Å². The minimum absolute atomic E-state index is 0. The average molecular weight is 306 g/mol. The standard InChI is InChI=1S/C18H26O3.CH4/c1-17(2,16-12-13-20-18(3,4)21-16)15(19)11-10-14-8-6-5-7-9-14;/h5-9,16H,10-13H2,1-4H3;1H4/t16-;/m0./s1. The summed E-state index contributed by atoms with van der Waals surface area (Å²) in [6, 6.07) is 10.1. The van der Waals surface area contributed by atoms with E-state index in [9.17, 15) is 4.79 Å². The molecule has 1 atom stereocenters. The maximum Gasteiger partial charge on any atom is 0.163 e. The Morgan fingerprint density at radius 1 is 1.27 bits per heavy atom. The van der Waals surface area contributed by atoms with Crippen molar-refractivity contribution in [2.24, 2.45) is 5.41 Å². The van der Waals surface area contributed by atoms with E-state index in [4.69, 9.17) is 9.47 Å². The summed E-state index contributed by atoms with van der Waals surface area (Å²) in [6.45, 7) is 8.44. The van der Waals surface area contributed by atoms with Gasteiger partial charge < -0.3 is 9.47 Å². The number of rotatable bonds is 5. The van der Waals surface area contributed by atoms with Crippen LogP contribution >= 0.6 is 0 Å². The van der Waals surface area contributed by atoms with Gasteiger partial charge in [0.2, 0.25) is 0 Å². The molecule has 1 saturated heterocycles. The van der Waals surface area contributed by atoms with Crippen molar-refractivity contribution in [2.45, 2.75) is 66.3 Å². The largest absolute Gasteiger partial charge is 0.350 e. The first-order valence-electron chi connectivity index (χ1n) is 7.70. The molecule has 0 saturated carbocycles. The van der Waals surface area contributed by atoms with Crippen molar-refractivity contribution in [3.05, 3.63) is 35.9 Å². The number of Topliss-reactive ketones (excluding diaryl/α,β-unsaturated/α-hetero) is 1. The summed E-state index contributed by atoms with van der Waals surface area (Å²) in [5.41, 5.74) is 0.727. The molecule has 0 aromatic heterocycles. The van der Waals surface area contributed by atoms with Crippen LogP contribution in [0.15, 0.2) is 30.3 Å². The Morgan fingerprint density at radius 3 is 2.50 bits per heavy atom. The van der Waals surface area contributed by atoms with Gasteiger partial charge in [0.05, 0.1) is 12.7 Å². The fourth-order valence-corrected chi connectivity index (χ4v) is 2.76. The predicted molar refractivity (Wildman–Crippen MR) is 89.8 cm³/mol. The smallest absolute Gasteiger partial charge is 0.163 e. The molecule has 124 valence electrons. The van der Waals surface area contributed by atoms with E-state index in [1.165, 1.54) is 5.56 Å². The summed E-state index contributed by atoms with van der Waals surface area (Å²) in [7, 11) is 0. The highest BCUT2D eigenvalue weighted by Gasteiger charge is 2.42. The van der Waals surface area contributed by atoms with Gasteiger partial charge in [-0.2, -0.15) is 0 Å². The van der Waals surface area contributed by atoms with Gasteiger partial charge in [0.1, 0.15) is 5.78 Å². The van der Waals surface area contributed by atoms with Gasteiger partial charge in [-0.3, -0.25) is 4.79 Å². The first-order chi connectivity index (χ1) is 9.81. The van der Waals surface area contributed by atoms with E-state index in [0.29, 0.717) is 13.0 Å². The quantitative estimate of drug-likeness (QED) is 0.809. The van der Waals surface area contributed by atoms with Crippen molar-refractivity contribution in [2.75, 3.05) is 6.61 Å². The Bertz CT molecular complexity index is 477. The van der Waals surface area contributed by atoms with Crippen molar-refractivity contribution < 1.29 is 14.3 Å². The van der Waals surface area contributed by atoms with Crippen molar-refractivity contribution >= 4 is 5.78 Å². The zero-order valence-electron chi connectivity index (χ0n) is 13.5. The summed E-state index contributed by atoms with van der Waals surface area (Å²) in [4.78, 5) is 12.6. The maximum absolute atomic E-state index is 12.6. The number of hydrogen-bond acceptors (Lipinski definition) is 3. The minimum Gasteiger partial charge on any atom is -0.350 e. The normalized spacial score (nSPS) is 21.0. The molecular weight excluding hydrogens is 276 g/mol. The minimum atomic E-state index is -0.597. The molecule has 1 aromatic rings. The number of hydrogen-bond donors (Lipinski definition) is 0. The second-order valence-electron chi connectivity index (χ2n) is 6.77. The van der Waals surface area contributed by atoms with E-state index in [-0.39, 0.29) is 19.3 Å². The van der Waals surface area contributed by atoms with Crippen LogP contribution in [0.3, 0.4) is 0 Å². The first-order valence-corrected chi connectivity index (χ1v) is 7.70. The summed E-state index contributed by atoms with van der Waals surface area (Å²) < 4.78 is 11.5. The maximum atomic E-state index is 12.6. The van der Waals surface area contributed by atoms with Crippen LogP contribution in [-0.2, 0) is 20.7 Å². The highest BCUT2D eigenvalue weighted by Crippen LogP contribution is 2.35. The van der Waals surface area contributed by atoms with Crippen LogP contribution in [0, 0.1) is 5.41 Å². The van der Waals surface area contributed by atoms with Crippen LogP contribution < -0.4 is 0 Å². The SMILES string of the molecule is C.CC1(C)OCC[C@@H](C(C)(C)C(=O)CCc2ccccc2)O1. The topological polar surface area (TPSA) is 35.5 Å². The fraction of sp³-hybridized carbons (Fsp3) is 0.632. The Balaban J connectivity index is 0.00000242. The Kier molecular flexibility index (Phi) is 6.33. The van der Waals surface area contributed by atoms with Gasteiger partial charge in [0.25, 0.3) is 0 Å². The number of ether oxygens (including phenoxy) is 2. The van der Waals surface area contributed by atoms with Gasteiger partial charge in [-0.25, -0.2) is 0 Å². The molecule has 0 amide bonds. The van der Waals surface area contributed by atoms with Gasteiger partial charge in [0, 0.05) is 11.8 Å². The van der Waals surface area contributed by atoms with E-state index in [1.54, 1.807) is 0 Å². The molecule has 3 heteroatoms. The fourth-order valence-electron chi connectivity index (χ4n) is 2.76. The van der Waals surface area contributed by atoms with Crippen molar-refractivity contribution in [3.63, 3.8) is 0 Å². The van der Waals surface area contributed by atoms with Gasteiger partial charge in [-0.1, -0.05) is 51.6 Å². The van der Waals surface area contributed by atoms with E-state index in [2.05, 4.69) is 12.1 Å². The average Bonchev–Trinajstić information content (AvgIpc) is 2.44. The third-order valence-corrected chi connectivity index (χ3v) is 4.26. The highest BCUT2D eigenvalue weighted by atomic mass is 16.7. The molecule has 0 spiro atoms. The molecule has 0 aliphatic carbocycles. The number of carbonyl (C=O) groups excluding carboxylic acids is 1. The molecule has 0 radical (unpaired) electrons. The molecule has 1 aliphatic rings. The third-order valence-electron chi connectivity index (χ3n) is 4.26. The van der Waals surface area contributed by atoms with Crippen LogP contribution in [0.2, 0.25) is 0 Å². The molecule has 1 aromatic carbocycles. The molecule has 0 bridgehead atoms. The van der Waals surface area contributed by atoms with Gasteiger partial charge in [-0.05, 0) is 32.3 Å². The van der Waals surface area contributed by atoms with Crippen molar-refractivity contribution in [3.8, 4) is 0 Å². The number of aryl methyl sites for hydroxylation is 1. The number of benzene rings is 1. The molecule has 1 fully saturated rings. The van der Waals surface area contributed by atoms with E-state index in [1.807, 2.05) is 45.9 Å². The molecule has 22 heavy (non-hydrogen) atoms. The lowest BCUT2D eigenvalue weighted by Crippen LogP contribution is -2.49. The van der Waals surface area contributed by atoms with Crippen LogP contribution in [0.5, 0.6) is 0 Å². The number of carbonyl (C=O) groups is 1. The lowest BCUT2D eigenvalue weighted by molar-refractivity contribution is -0.288. The second kappa shape index (κ2) is 7.38. The van der Waals surface area contributed by atoms with Gasteiger partial charge in [0.15, 0.2) is 5.79 Å². The summed E-state index contributed by atoms with van der Waals surface area (Å²) >= 11 is 0. The zero-order chi connectivity index (χ0) is 15.5. The van der Waals surface area contributed by atoms with E-state index < -0.39 is 11.2 Å². The lowest BCUT2D eigenvalue weighted by atomic mass is 9.78. The molecule has 3 nitrogen and oxygen atoms in total. The van der Waals surface area contributed by atoms with Gasteiger partial charge >= 0.3 is 0 Å². The molecule has 0 unspecified atom stereocenters. The van der Waals surface area contributed by atoms with Crippen LogP contribution in [0.4, 0.5) is 0 Å². The van der Waals surface area contributed by atoms with Gasteiger partial charge in [-0.15, -0.1) is 0 Å². The summed E-state index contributed by atoms with van der Waals surface area (Å²) in [6.07, 6.45) is 2.03. The van der Waals surface area contributed by atoms with E-state index in [0.717, 1.165) is 12.8 Å². The molecule has 0 N–H and O–H groups in total. The number of ketones is 1. The van der Waals surface area contributed by atoms with E-state index >= 15 is 0 Å². The molecular formula is C19H30O3. The van der Waals surface area contributed by atoms with Crippen LogP contribution in [0.1, 0.15) is 53.5 Å². The zero-order valence-corrected chi connectivity index (χ0v) is 13.5. The molecule has 1 aliphatic heterocycles. The lowest BCUT2D eigenvalue weighted by Gasteiger charge is -2.42. The van der Waals surface area contributed by atoms with Crippen molar-refractivity contribution in [1.82, 2.24) is 0 Å². The first kappa shape index (κ1) is 18.9. The monoisotopic (exact) mass is 306 g/mol. The van der Waals surface area contributed by atoms with Crippen molar-refractivity contribution in [1.29, 1.82) is 0 Å². The Morgan fingerprint density at radius 2 is 1.91 bits per heavy atom. The van der Waals surface area contributed by atoms with Crippen LogP contribution in [-0.4, -0.2) is 24.3 Å². The highest BCUT2D eigenvalue weighted by molar-refractivity contribution is 5.84. The Labute approximate surface area is 135 Å². The molecule has 1 heterocycles. The molecule has 2 rings (SSSR count).